The second-order valence-corrected chi connectivity index (χ2v) is 6.98. The Bertz CT molecular complexity index is 1180. The SMILES string of the molecule is CC1(c2ccc(OC(F)F)cc2)NC(=O)N(Cc2cn3ccccc3c2C#N)C1=O. The number of benzene rings is 1. The Morgan fingerprint density at radius 3 is 2.60 bits per heavy atom. The summed E-state index contributed by atoms with van der Waals surface area (Å²) in [6, 6.07) is 12.4. The topological polar surface area (TPSA) is 86.8 Å². The van der Waals surface area contributed by atoms with E-state index < -0.39 is 24.1 Å². The van der Waals surface area contributed by atoms with Gasteiger partial charge in [-0.25, -0.2) is 4.79 Å². The lowest BCUT2D eigenvalue weighted by molar-refractivity contribution is -0.131. The molecule has 3 amide bonds. The molecule has 9 heteroatoms. The second-order valence-electron chi connectivity index (χ2n) is 6.98. The summed E-state index contributed by atoms with van der Waals surface area (Å²) in [5, 5.41) is 12.2. The lowest BCUT2D eigenvalue weighted by atomic mass is 9.92. The predicted molar refractivity (Wildman–Crippen MR) is 102 cm³/mol. The van der Waals surface area contributed by atoms with Crippen LogP contribution >= 0.6 is 0 Å². The van der Waals surface area contributed by atoms with E-state index in [1.165, 1.54) is 31.2 Å². The lowest BCUT2D eigenvalue weighted by Gasteiger charge is -2.22. The molecule has 1 aliphatic heterocycles. The third kappa shape index (κ3) is 3.12. The Hall–Kier alpha value is -3.93. The molecule has 152 valence electrons. The average molecular weight is 410 g/mol. The molecule has 0 saturated carbocycles. The van der Waals surface area contributed by atoms with Gasteiger partial charge in [0.2, 0.25) is 0 Å². The van der Waals surface area contributed by atoms with Crippen molar-refractivity contribution in [3.8, 4) is 11.8 Å². The molecule has 2 aromatic heterocycles. The smallest absolute Gasteiger partial charge is 0.387 e. The van der Waals surface area contributed by atoms with Gasteiger partial charge in [-0.2, -0.15) is 14.0 Å². The van der Waals surface area contributed by atoms with Crippen LogP contribution in [0, 0.1) is 11.3 Å². The van der Waals surface area contributed by atoms with Gasteiger partial charge in [-0.15, -0.1) is 0 Å². The fourth-order valence-electron chi connectivity index (χ4n) is 3.60. The lowest BCUT2D eigenvalue weighted by Crippen LogP contribution is -2.40. The number of nitriles is 1. The van der Waals surface area contributed by atoms with Crippen LogP contribution in [0.25, 0.3) is 5.52 Å². The van der Waals surface area contributed by atoms with E-state index in [2.05, 4.69) is 16.1 Å². The van der Waals surface area contributed by atoms with E-state index in [0.29, 0.717) is 22.2 Å². The van der Waals surface area contributed by atoms with Crippen LogP contribution in [0.3, 0.4) is 0 Å². The van der Waals surface area contributed by atoms with Crippen LogP contribution in [0.5, 0.6) is 5.75 Å². The molecule has 0 aliphatic carbocycles. The Morgan fingerprint density at radius 1 is 1.20 bits per heavy atom. The molecule has 1 aromatic carbocycles. The first kappa shape index (κ1) is 19.4. The summed E-state index contributed by atoms with van der Waals surface area (Å²) in [6.07, 6.45) is 3.49. The predicted octanol–water partition coefficient (Wildman–Crippen LogP) is 3.38. The fourth-order valence-corrected chi connectivity index (χ4v) is 3.60. The van der Waals surface area contributed by atoms with Crippen molar-refractivity contribution >= 4 is 17.5 Å². The number of fused-ring (bicyclic) bond motifs is 1. The molecule has 30 heavy (non-hydrogen) atoms. The number of pyridine rings is 1. The van der Waals surface area contributed by atoms with Crippen molar-refractivity contribution in [2.24, 2.45) is 0 Å². The van der Waals surface area contributed by atoms with E-state index in [1.54, 1.807) is 28.9 Å². The monoisotopic (exact) mass is 410 g/mol. The summed E-state index contributed by atoms with van der Waals surface area (Å²) in [5.74, 6) is -0.556. The molecule has 1 aliphatic rings. The van der Waals surface area contributed by atoms with Crippen LogP contribution in [0.2, 0.25) is 0 Å². The van der Waals surface area contributed by atoms with Crippen molar-refractivity contribution in [1.29, 1.82) is 5.26 Å². The maximum Gasteiger partial charge on any atom is 0.387 e. The standard InChI is InChI=1S/C21H16F2N4O3/c1-21(14-5-7-15(8-6-14)30-19(22)23)18(28)27(20(29)25-21)12-13-11-26-9-3-2-4-17(26)16(13)10-24/h2-9,11,19H,12H2,1H3,(H,25,29). The van der Waals surface area contributed by atoms with E-state index in [-0.39, 0.29) is 12.3 Å². The first-order valence-corrected chi connectivity index (χ1v) is 9.01. The third-order valence-electron chi connectivity index (χ3n) is 5.13. The van der Waals surface area contributed by atoms with Crippen molar-refractivity contribution in [3.63, 3.8) is 0 Å². The van der Waals surface area contributed by atoms with Gasteiger partial charge in [-0.3, -0.25) is 9.69 Å². The highest BCUT2D eigenvalue weighted by atomic mass is 19.3. The molecule has 0 spiro atoms. The largest absolute Gasteiger partial charge is 0.435 e. The number of carbonyl (C=O) groups is 2. The van der Waals surface area contributed by atoms with Gasteiger partial charge in [0.05, 0.1) is 17.6 Å². The van der Waals surface area contributed by atoms with E-state index in [0.717, 1.165) is 4.90 Å². The summed E-state index contributed by atoms with van der Waals surface area (Å²) in [6.45, 7) is -1.49. The summed E-state index contributed by atoms with van der Waals surface area (Å²) in [5.41, 5.74) is 0.661. The zero-order valence-electron chi connectivity index (χ0n) is 15.8. The van der Waals surface area contributed by atoms with E-state index in [9.17, 15) is 23.6 Å². The third-order valence-corrected chi connectivity index (χ3v) is 5.13. The highest BCUT2D eigenvalue weighted by Crippen LogP contribution is 2.32. The number of hydrogen-bond acceptors (Lipinski definition) is 4. The zero-order valence-corrected chi connectivity index (χ0v) is 15.8. The van der Waals surface area contributed by atoms with Crippen LogP contribution in [0.1, 0.15) is 23.6 Å². The minimum absolute atomic E-state index is 0.0508. The van der Waals surface area contributed by atoms with E-state index >= 15 is 0 Å². The maximum atomic E-state index is 13.1. The highest BCUT2D eigenvalue weighted by molar-refractivity contribution is 6.07. The number of aromatic nitrogens is 1. The molecule has 1 unspecified atom stereocenters. The Morgan fingerprint density at radius 2 is 1.93 bits per heavy atom. The van der Waals surface area contributed by atoms with Crippen molar-refractivity contribution in [2.75, 3.05) is 0 Å². The summed E-state index contributed by atoms with van der Waals surface area (Å²) in [7, 11) is 0. The number of carbonyl (C=O) groups excluding carboxylic acids is 2. The number of amides is 3. The Labute approximate surface area is 170 Å². The van der Waals surface area contributed by atoms with Gasteiger partial charge in [0.15, 0.2) is 0 Å². The number of ether oxygens (including phenoxy) is 1. The number of halogens is 2. The minimum Gasteiger partial charge on any atom is -0.435 e. The van der Waals surface area contributed by atoms with Crippen LogP contribution in [-0.2, 0) is 16.9 Å². The maximum absolute atomic E-state index is 13.1. The molecule has 3 aromatic rings. The van der Waals surface area contributed by atoms with Gasteiger partial charge in [-0.1, -0.05) is 18.2 Å². The molecule has 1 saturated heterocycles. The van der Waals surface area contributed by atoms with Gasteiger partial charge in [0.25, 0.3) is 5.91 Å². The number of nitrogens with zero attached hydrogens (tertiary/aromatic N) is 3. The molecule has 3 heterocycles. The van der Waals surface area contributed by atoms with Gasteiger partial charge in [0.1, 0.15) is 17.4 Å². The number of urea groups is 1. The molecule has 1 N–H and O–H groups in total. The van der Waals surface area contributed by atoms with Crippen LogP contribution in [0.4, 0.5) is 13.6 Å². The number of nitrogens with one attached hydrogen (secondary N) is 1. The van der Waals surface area contributed by atoms with Gasteiger partial charge in [-0.05, 0) is 36.8 Å². The number of alkyl halides is 2. The number of imide groups is 1. The minimum atomic E-state index is -2.96. The Balaban J connectivity index is 1.62. The molecule has 0 bridgehead atoms. The second kappa shape index (κ2) is 7.15. The first-order valence-electron chi connectivity index (χ1n) is 9.01. The summed E-state index contributed by atoms with van der Waals surface area (Å²) in [4.78, 5) is 26.7. The summed E-state index contributed by atoms with van der Waals surface area (Å²) >= 11 is 0. The van der Waals surface area contributed by atoms with Crippen LogP contribution < -0.4 is 10.1 Å². The summed E-state index contributed by atoms with van der Waals surface area (Å²) < 4.78 is 30.8. The van der Waals surface area contributed by atoms with Crippen molar-refractivity contribution < 1.29 is 23.1 Å². The molecular formula is C21H16F2N4O3. The van der Waals surface area contributed by atoms with Crippen LogP contribution in [-0.4, -0.2) is 27.9 Å². The van der Waals surface area contributed by atoms with E-state index in [1.807, 2.05) is 6.07 Å². The quantitative estimate of drug-likeness (QED) is 0.654. The number of hydrogen-bond donors (Lipinski definition) is 1. The van der Waals surface area contributed by atoms with Gasteiger partial charge >= 0.3 is 12.6 Å². The molecule has 4 rings (SSSR count). The normalized spacial score (nSPS) is 18.7. The van der Waals surface area contributed by atoms with Gasteiger partial charge in [0, 0.05) is 18.0 Å². The molecule has 1 atom stereocenters. The Kier molecular flexibility index (Phi) is 4.62. The molecule has 7 nitrogen and oxygen atoms in total. The van der Waals surface area contributed by atoms with Crippen molar-refractivity contribution in [2.45, 2.75) is 25.6 Å². The molecular weight excluding hydrogens is 394 g/mol. The highest BCUT2D eigenvalue weighted by Gasteiger charge is 2.49. The molecule has 1 fully saturated rings. The average Bonchev–Trinajstić information content (AvgIpc) is 3.18. The van der Waals surface area contributed by atoms with Gasteiger partial charge < -0.3 is 14.5 Å². The van der Waals surface area contributed by atoms with Crippen molar-refractivity contribution in [1.82, 2.24) is 14.6 Å². The van der Waals surface area contributed by atoms with Crippen molar-refractivity contribution in [3.05, 3.63) is 71.5 Å². The van der Waals surface area contributed by atoms with E-state index in [4.69, 9.17) is 0 Å². The first-order chi connectivity index (χ1) is 14.3. The number of rotatable bonds is 5. The van der Waals surface area contributed by atoms with Crippen LogP contribution in [0.15, 0.2) is 54.9 Å². The fraction of sp³-hybridized carbons (Fsp3) is 0.190. The zero-order chi connectivity index (χ0) is 21.5. The molecule has 0 radical (unpaired) electrons.